The summed E-state index contributed by atoms with van der Waals surface area (Å²) in [5, 5.41) is 5.93. The van der Waals surface area contributed by atoms with Gasteiger partial charge in [0.25, 0.3) is 0 Å². The zero-order valence-corrected chi connectivity index (χ0v) is 11.9. The highest BCUT2D eigenvalue weighted by Gasteiger charge is 2.14. The maximum Gasteiger partial charge on any atom is 0.236 e. The molecule has 1 amide bonds. The van der Waals surface area contributed by atoms with E-state index in [4.69, 9.17) is 0 Å². The van der Waals surface area contributed by atoms with Crippen LogP contribution in [0.2, 0.25) is 0 Å². The average Bonchev–Trinajstić information content (AvgIpc) is 2.37. The van der Waals surface area contributed by atoms with Crippen LogP contribution in [0.15, 0.2) is 24.3 Å². The van der Waals surface area contributed by atoms with Gasteiger partial charge in [-0.15, -0.1) is 0 Å². The lowest BCUT2D eigenvalue weighted by atomic mass is 9.99. The number of hydrogen-bond acceptors (Lipinski definition) is 2. The molecule has 0 heterocycles. The molecule has 2 atom stereocenters. The minimum atomic E-state index is -0.185. The van der Waals surface area contributed by atoms with Crippen molar-refractivity contribution in [3.63, 3.8) is 0 Å². The Kier molecular flexibility index (Phi) is 5.35. The lowest BCUT2D eigenvalue weighted by molar-refractivity contribution is -0.122. The maximum absolute atomic E-state index is 11.4. The first-order chi connectivity index (χ1) is 8.45. The van der Waals surface area contributed by atoms with E-state index in [0.29, 0.717) is 5.92 Å². The first kappa shape index (κ1) is 14.7. The van der Waals surface area contributed by atoms with Crippen LogP contribution in [0, 0.1) is 0 Å². The lowest BCUT2D eigenvalue weighted by Crippen LogP contribution is -2.41. The Bertz CT molecular complexity index is 384. The second-order valence-corrected chi connectivity index (χ2v) is 5.05. The van der Waals surface area contributed by atoms with Crippen molar-refractivity contribution in [1.82, 2.24) is 10.6 Å². The Labute approximate surface area is 110 Å². The number of carbonyl (C=O) groups excluding carboxylic acids is 1. The third-order valence-electron chi connectivity index (χ3n) is 3.24. The van der Waals surface area contributed by atoms with Gasteiger partial charge < -0.3 is 5.32 Å². The molecule has 0 fully saturated rings. The standard InChI is InChI=1S/C15H24N2O/c1-10(2)13-6-8-14(9-7-13)11(3)17-12(4)15(18)16-5/h6-12,17H,1-5H3,(H,16,18). The Hall–Kier alpha value is -1.35. The molecule has 0 spiro atoms. The molecule has 0 aliphatic heterocycles. The van der Waals surface area contributed by atoms with E-state index in [1.54, 1.807) is 7.05 Å². The zero-order chi connectivity index (χ0) is 13.7. The molecule has 100 valence electrons. The molecular weight excluding hydrogens is 224 g/mol. The third kappa shape index (κ3) is 3.84. The first-order valence-corrected chi connectivity index (χ1v) is 6.53. The number of rotatable bonds is 5. The monoisotopic (exact) mass is 248 g/mol. The van der Waals surface area contributed by atoms with Gasteiger partial charge in [0.2, 0.25) is 5.91 Å². The largest absolute Gasteiger partial charge is 0.358 e. The highest BCUT2D eigenvalue weighted by atomic mass is 16.2. The molecule has 0 saturated heterocycles. The highest BCUT2D eigenvalue weighted by Crippen LogP contribution is 2.18. The van der Waals surface area contributed by atoms with E-state index in [1.807, 2.05) is 6.92 Å². The summed E-state index contributed by atoms with van der Waals surface area (Å²) in [5.74, 6) is 0.563. The summed E-state index contributed by atoms with van der Waals surface area (Å²) < 4.78 is 0. The van der Waals surface area contributed by atoms with Crippen molar-refractivity contribution in [2.45, 2.75) is 45.7 Å². The summed E-state index contributed by atoms with van der Waals surface area (Å²) in [4.78, 5) is 11.4. The van der Waals surface area contributed by atoms with E-state index in [2.05, 4.69) is 55.7 Å². The summed E-state index contributed by atoms with van der Waals surface area (Å²) in [6, 6.07) is 8.55. The molecule has 0 bridgehead atoms. The topological polar surface area (TPSA) is 41.1 Å². The van der Waals surface area contributed by atoms with Gasteiger partial charge in [-0.1, -0.05) is 38.1 Å². The zero-order valence-electron chi connectivity index (χ0n) is 11.9. The van der Waals surface area contributed by atoms with Crippen LogP contribution in [0.1, 0.15) is 50.8 Å². The minimum Gasteiger partial charge on any atom is -0.358 e. The number of carbonyl (C=O) groups is 1. The van der Waals surface area contributed by atoms with Gasteiger partial charge in [-0.3, -0.25) is 10.1 Å². The van der Waals surface area contributed by atoms with Gasteiger partial charge in [0.05, 0.1) is 6.04 Å². The van der Waals surface area contributed by atoms with Crippen molar-refractivity contribution < 1.29 is 4.79 Å². The Morgan fingerprint density at radius 1 is 1.00 bits per heavy atom. The molecule has 0 radical (unpaired) electrons. The first-order valence-electron chi connectivity index (χ1n) is 6.53. The maximum atomic E-state index is 11.4. The van der Waals surface area contributed by atoms with Gasteiger partial charge in [-0.25, -0.2) is 0 Å². The summed E-state index contributed by atoms with van der Waals surface area (Å²) in [5.41, 5.74) is 2.54. The molecule has 2 N–H and O–H groups in total. The fraction of sp³-hybridized carbons (Fsp3) is 0.533. The van der Waals surface area contributed by atoms with Crippen LogP contribution in [0.4, 0.5) is 0 Å². The van der Waals surface area contributed by atoms with E-state index in [1.165, 1.54) is 11.1 Å². The number of benzene rings is 1. The Morgan fingerprint density at radius 3 is 1.94 bits per heavy atom. The van der Waals surface area contributed by atoms with Crippen molar-refractivity contribution in [2.24, 2.45) is 0 Å². The quantitative estimate of drug-likeness (QED) is 0.841. The lowest BCUT2D eigenvalue weighted by Gasteiger charge is -2.19. The minimum absolute atomic E-state index is 0.0145. The van der Waals surface area contributed by atoms with Crippen molar-refractivity contribution >= 4 is 5.91 Å². The van der Waals surface area contributed by atoms with Gasteiger partial charge in [-0.05, 0) is 30.9 Å². The molecule has 1 aromatic carbocycles. The summed E-state index contributed by atoms with van der Waals surface area (Å²) in [7, 11) is 1.66. The third-order valence-corrected chi connectivity index (χ3v) is 3.24. The predicted octanol–water partition coefficient (Wildman–Crippen LogP) is 2.60. The molecule has 18 heavy (non-hydrogen) atoms. The Balaban J connectivity index is 2.67. The van der Waals surface area contributed by atoms with E-state index in [0.717, 1.165) is 0 Å². The predicted molar refractivity (Wildman–Crippen MR) is 75.6 cm³/mol. The average molecular weight is 248 g/mol. The van der Waals surface area contributed by atoms with Gasteiger partial charge in [0, 0.05) is 13.1 Å². The van der Waals surface area contributed by atoms with Gasteiger partial charge >= 0.3 is 0 Å². The van der Waals surface area contributed by atoms with Crippen LogP contribution in [0.25, 0.3) is 0 Å². The SMILES string of the molecule is CNC(=O)C(C)NC(C)c1ccc(C(C)C)cc1. The summed E-state index contributed by atoms with van der Waals surface area (Å²) in [6.07, 6.45) is 0. The second-order valence-electron chi connectivity index (χ2n) is 5.05. The van der Waals surface area contributed by atoms with E-state index >= 15 is 0 Å². The van der Waals surface area contributed by atoms with Crippen LogP contribution < -0.4 is 10.6 Å². The molecule has 1 aromatic rings. The van der Waals surface area contributed by atoms with Crippen LogP contribution >= 0.6 is 0 Å². The van der Waals surface area contributed by atoms with E-state index in [-0.39, 0.29) is 18.0 Å². The van der Waals surface area contributed by atoms with Gasteiger partial charge in [0.1, 0.15) is 0 Å². The number of nitrogens with one attached hydrogen (secondary N) is 2. The molecule has 3 heteroatoms. The Morgan fingerprint density at radius 2 is 1.50 bits per heavy atom. The number of likely N-dealkylation sites (N-methyl/N-ethyl adjacent to an activating group) is 1. The second kappa shape index (κ2) is 6.55. The van der Waals surface area contributed by atoms with Crippen LogP contribution in [-0.2, 0) is 4.79 Å². The van der Waals surface area contributed by atoms with Crippen molar-refractivity contribution in [3.05, 3.63) is 35.4 Å². The fourth-order valence-electron chi connectivity index (χ4n) is 1.93. The molecule has 0 aromatic heterocycles. The van der Waals surface area contributed by atoms with Crippen molar-refractivity contribution in [3.8, 4) is 0 Å². The highest BCUT2D eigenvalue weighted by molar-refractivity contribution is 5.80. The molecule has 2 unspecified atom stereocenters. The summed E-state index contributed by atoms with van der Waals surface area (Å²) in [6.45, 7) is 8.32. The van der Waals surface area contributed by atoms with Crippen molar-refractivity contribution in [1.29, 1.82) is 0 Å². The fourth-order valence-corrected chi connectivity index (χ4v) is 1.93. The smallest absolute Gasteiger partial charge is 0.236 e. The molecular formula is C15H24N2O. The molecule has 0 aliphatic rings. The number of amides is 1. The van der Waals surface area contributed by atoms with Crippen LogP contribution in [0.3, 0.4) is 0 Å². The molecule has 1 rings (SSSR count). The van der Waals surface area contributed by atoms with Crippen molar-refractivity contribution in [2.75, 3.05) is 7.05 Å². The summed E-state index contributed by atoms with van der Waals surface area (Å²) >= 11 is 0. The van der Waals surface area contributed by atoms with Crippen LogP contribution in [-0.4, -0.2) is 19.0 Å². The molecule has 0 saturated carbocycles. The van der Waals surface area contributed by atoms with Gasteiger partial charge in [0.15, 0.2) is 0 Å². The van der Waals surface area contributed by atoms with E-state index < -0.39 is 0 Å². The normalized spacial score (nSPS) is 14.3. The number of hydrogen-bond donors (Lipinski definition) is 2. The molecule has 0 aliphatic carbocycles. The van der Waals surface area contributed by atoms with E-state index in [9.17, 15) is 4.79 Å². The molecule has 3 nitrogen and oxygen atoms in total. The van der Waals surface area contributed by atoms with Gasteiger partial charge in [-0.2, -0.15) is 0 Å². The van der Waals surface area contributed by atoms with Crippen LogP contribution in [0.5, 0.6) is 0 Å².